The molecule has 0 bridgehead atoms. The van der Waals surface area contributed by atoms with Gasteiger partial charge in [0.1, 0.15) is 6.10 Å². The summed E-state index contributed by atoms with van der Waals surface area (Å²) in [7, 11) is 0. The molecule has 1 aromatic heterocycles. The second-order valence-electron chi connectivity index (χ2n) is 6.01. The second kappa shape index (κ2) is 7.10. The van der Waals surface area contributed by atoms with Crippen molar-refractivity contribution >= 4 is 5.91 Å². The number of fused-ring (bicyclic) bond motifs is 1. The third-order valence-corrected chi connectivity index (χ3v) is 4.16. The van der Waals surface area contributed by atoms with E-state index in [1.54, 1.807) is 0 Å². The van der Waals surface area contributed by atoms with Gasteiger partial charge in [0.05, 0.1) is 6.42 Å². The average molecular weight is 345 g/mol. The van der Waals surface area contributed by atoms with Crippen LogP contribution in [0.1, 0.15) is 36.2 Å². The fourth-order valence-electron chi connectivity index (χ4n) is 2.88. The molecular formula is C17H19N3O5. The third-order valence-electron chi connectivity index (χ3n) is 4.16. The number of aromatic nitrogens is 2. The van der Waals surface area contributed by atoms with Crippen LogP contribution in [0.4, 0.5) is 0 Å². The van der Waals surface area contributed by atoms with Gasteiger partial charge in [0.15, 0.2) is 17.3 Å². The van der Waals surface area contributed by atoms with Crippen molar-refractivity contribution in [3.8, 4) is 11.5 Å². The fraction of sp³-hybridized carbons (Fsp3) is 0.471. The quantitative estimate of drug-likeness (QED) is 0.848. The number of rotatable bonds is 6. The maximum atomic E-state index is 12.0. The molecule has 0 radical (unpaired) electrons. The number of benzene rings is 1. The van der Waals surface area contributed by atoms with Crippen molar-refractivity contribution < 1.29 is 23.5 Å². The average Bonchev–Trinajstić information content (AvgIpc) is 3.35. The van der Waals surface area contributed by atoms with E-state index in [-0.39, 0.29) is 25.2 Å². The van der Waals surface area contributed by atoms with E-state index < -0.39 is 0 Å². The molecule has 0 unspecified atom stereocenters. The molecule has 2 aromatic rings. The van der Waals surface area contributed by atoms with E-state index in [0.717, 1.165) is 25.0 Å². The van der Waals surface area contributed by atoms with Crippen molar-refractivity contribution in [1.29, 1.82) is 0 Å². The largest absolute Gasteiger partial charge is 0.454 e. The lowest BCUT2D eigenvalue weighted by atomic mass is 10.1. The van der Waals surface area contributed by atoms with Gasteiger partial charge in [0, 0.05) is 19.6 Å². The Kier molecular flexibility index (Phi) is 4.51. The molecule has 2 aliphatic rings. The third kappa shape index (κ3) is 3.74. The summed E-state index contributed by atoms with van der Waals surface area (Å²) >= 11 is 0. The van der Waals surface area contributed by atoms with Crippen LogP contribution in [0, 0.1) is 0 Å². The van der Waals surface area contributed by atoms with Crippen LogP contribution in [0.5, 0.6) is 11.5 Å². The summed E-state index contributed by atoms with van der Waals surface area (Å²) in [5.74, 6) is 2.43. The summed E-state index contributed by atoms with van der Waals surface area (Å²) in [6, 6.07) is 5.51. The predicted octanol–water partition coefficient (Wildman–Crippen LogP) is 1.55. The molecule has 1 amide bonds. The Morgan fingerprint density at radius 3 is 3.08 bits per heavy atom. The normalized spacial score (nSPS) is 18.5. The molecule has 2 aliphatic heterocycles. The molecular weight excluding hydrogens is 326 g/mol. The van der Waals surface area contributed by atoms with Crippen LogP contribution < -0.4 is 14.8 Å². The standard InChI is InChI=1S/C17H19N3O5/c21-16(9-11-3-4-12-14(8-11)24-10-23-12)18-6-5-15-19-17(25-20-15)13-2-1-7-22-13/h3-4,8,13H,1-2,5-7,9-10H2,(H,18,21)/t13-/m1/s1. The van der Waals surface area contributed by atoms with Gasteiger partial charge >= 0.3 is 0 Å². The van der Waals surface area contributed by atoms with E-state index in [1.165, 1.54) is 0 Å². The van der Waals surface area contributed by atoms with Gasteiger partial charge in [-0.15, -0.1) is 0 Å². The van der Waals surface area contributed by atoms with Gasteiger partial charge in [-0.3, -0.25) is 4.79 Å². The predicted molar refractivity (Wildman–Crippen MR) is 85.2 cm³/mol. The van der Waals surface area contributed by atoms with Crippen molar-refractivity contribution in [3.63, 3.8) is 0 Å². The van der Waals surface area contributed by atoms with Crippen LogP contribution in [0.15, 0.2) is 22.7 Å². The number of nitrogens with one attached hydrogen (secondary N) is 1. The Morgan fingerprint density at radius 2 is 2.20 bits per heavy atom. The van der Waals surface area contributed by atoms with E-state index in [2.05, 4.69) is 15.5 Å². The summed E-state index contributed by atoms with van der Waals surface area (Å²) in [5.41, 5.74) is 0.877. The molecule has 1 fully saturated rings. The molecule has 0 saturated carbocycles. The summed E-state index contributed by atoms with van der Waals surface area (Å²) in [4.78, 5) is 16.4. The molecule has 132 valence electrons. The van der Waals surface area contributed by atoms with Crippen LogP contribution in [0.2, 0.25) is 0 Å². The number of amides is 1. The van der Waals surface area contributed by atoms with Crippen LogP contribution in [0.25, 0.3) is 0 Å². The van der Waals surface area contributed by atoms with Crippen molar-refractivity contribution in [2.45, 2.75) is 31.8 Å². The van der Waals surface area contributed by atoms with Crippen molar-refractivity contribution in [2.75, 3.05) is 19.9 Å². The highest BCUT2D eigenvalue weighted by atomic mass is 16.7. The zero-order chi connectivity index (χ0) is 17.1. The topological polar surface area (TPSA) is 95.7 Å². The minimum absolute atomic E-state index is 0.0679. The minimum atomic E-state index is -0.0816. The summed E-state index contributed by atoms with van der Waals surface area (Å²) < 4.78 is 21.3. The first kappa shape index (κ1) is 15.9. The molecule has 8 heteroatoms. The Bertz CT molecular complexity index is 754. The SMILES string of the molecule is O=C(Cc1ccc2c(c1)OCO2)NCCc1noc([C@H]2CCCO2)n1. The molecule has 4 rings (SSSR count). The lowest BCUT2D eigenvalue weighted by Gasteiger charge is -2.05. The molecule has 3 heterocycles. The van der Waals surface area contributed by atoms with E-state index in [0.29, 0.717) is 36.2 Å². The van der Waals surface area contributed by atoms with Gasteiger partial charge in [-0.05, 0) is 30.5 Å². The van der Waals surface area contributed by atoms with Crippen LogP contribution in [0.3, 0.4) is 0 Å². The number of hydrogen-bond donors (Lipinski definition) is 1. The molecule has 1 aromatic carbocycles. The van der Waals surface area contributed by atoms with Crippen LogP contribution >= 0.6 is 0 Å². The summed E-state index contributed by atoms with van der Waals surface area (Å²) in [6.07, 6.45) is 2.64. The van der Waals surface area contributed by atoms with Crippen LogP contribution in [-0.2, 0) is 22.4 Å². The van der Waals surface area contributed by atoms with Crippen molar-refractivity contribution in [2.24, 2.45) is 0 Å². The summed E-state index contributed by atoms with van der Waals surface area (Å²) in [6.45, 7) is 1.41. The Labute approximate surface area is 144 Å². The van der Waals surface area contributed by atoms with Crippen molar-refractivity contribution in [1.82, 2.24) is 15.5 Å². The van der Waals surface area contributed by atoms with E-state index >= 15 is 0 Å². The Balaban J connectivity index is 1.23. The van der Waals surface area contributed by atoms with E-state index in [9.17, 15) is 4.79 Å². The van der Waals surface area contributed by atoms with Gasteiger partial charge in [0.25, 0.3) is 5.89 Å². The molecule has 0 spiro atoms. The first-order valence-electron chi connectivity index (χ1n) is 8.37. The number of carbonyl (C=O) groups is 1. The highest BCUT2D eigenvalue weighted by Gasteiger charge is 2.23. The number of hydrogen-bond acceptors (Lipinski definition) is 7. The van der Waals surface area contributed by atoms with Crippen molar-refractivity contribution in [3.05, 3.63) is 35.5 Å². The molecule has 8 nitrogen and oxygen atoms in total. The number of carbonyl (C=O) groups excluding carboxylic acids is 1. The van der Waals surface area contributed by atoms with Gasteiger partial charge < -0.3 is 24.1 Å². The zero-order valence-electron chi connectivity index (χ0n) is 13.7. The molecule has 1 atom stereocenters. The zero-order valence-corrected chi connectivity index (χ0v) is 13.7. The molecule has 1 N–H and O–H groups in total. The second-order valence-corrected chi connectivity index (χ2v) is 6.01. The number of nitrogens with zero attached hydrogens (tertiary/aromatic N) is 2. The monoisotopic (exact) mass is 345 g/mol. The number of ether oxygens (including phenoxy) is 3. The summed E-state index contributed by atoms with van der Waals surface area (Å²) in [5, 5.41) is 6.80. The Hall–Kier alpha value is -2.61. The lowest BCUT2D eigenvalue weighted by Crippen LogP contribution is -2.27. The first-order chi connectivity index (χ1) is 12.3. The van der Waals surface area contributed by atoms with Gasteiger partial charge in [-0.2, -0.15) is 4.98 Å². The van der Waals surface area contributed by atoms with Gasteiger partial charge in [-0.25, -0.2) is 0 Å². The lowest BCUT2D eigenvalue weighted by molar-refractivity contribution is -0.120. The van der Waals surface area contributed by atoms with Crippen LogP contribution in [-0.4, -0.2) is 36.0 Å². The first-order valence-corrected chi connectivity index (χ1v) is 8.37. The maximum Gasteiger partial charge on any atom is 0.255 e. The Morgan fingerprint density at radius 1 is 1.28 bits per heavy atom. The fourth-order valence-corrected chi connectivity index (χ4v) is 2.88. The molecule has 25 heavy (non-hydrogen) atoms. The van der Waals surface area contributed by atoms with Gasteiger partial charge in [-0.1, -0.05) is 11.2 Å². The molecule has 1 saturated heterocycles. The highest BCUT2D eigenvalue weighted by molar-refractivity contribution is 5.78. The minimum Gasteiger partial charge on any atom is -0.454 e. The maximum absolute atomic E-state index is 12.0. The van der Waals surface area contributed by atoms with E-state index in [1.807, 2.05) is 18.2 Å². The molecule has 0 aliphatic carbocycles. The van der Waals surface area contributed by atoms with E-state index in [4.69, 9.17) is 18.7 Å². The smallest absolute Gasteiger partial charge is 0.255 e. The van der Waals surface area contributed by atoms with Gasteiger partial charge in [0.2, 0.25) is 12.7 Å². The highest BCUT2D eigenvalue weighted by Crippen LogP contribution is 2.32.